The largest absolute Gasteiger partial charge is 0.492 e. The highest BCUT2D eigenvalue weighted by molar-refractivity contribution is 5.53. The number of hydrogen-bond acceptors (Lipinski definition) is 4. The van der Waals surface area contributed by atoms with Crippen molar-refractivity contribution in [1.29, 1.82) is 0 Å². The molecule has 0 amide bonds. The summed E-state index contributed by atoms with van der Waals surface area (Å²) < 4.78 is 11.3. The lowest BCUT2D eigenvalue weighted by Gasteiger charge is -2.25. The minimum absolute atomic E-state index is 0.0477. The number of ether oxygens (including phenoxy) is 1. The average Bonchev–Trinajstić information content (AvgIpc) is 3.01. The van der Waals surface area contributed by atoms with Gasteiger partial charge < -0.3 is 14.4 Å². The molecule has 1 unspecified atom stereocenters. The van der Waals surface area contributed by atoms with Crippen LogP contribution in [0.2, 0.25) is 0 Å². The van der Waals surface area contributed by atoms with Gasteiger partial charge in [-0.05, 0) is 30.0 Å². The fourth-order valence-corrected chi connectivity index (χ4v) is 3.21. The van der Waals surface area contributed by atoms with Crippen molar-refractivity contribution < 1.29 is 14.4 Å². The summed E-state index contributed by atoms with van der Waals surface area (Å²) in [7, 11) is 0. The SMILES string of the molecule is Cc1cc(CC(O)c2cc(C(C)(C)C)c3c(c2)C(C)(C)CO3)on1. The first-order valence-electron chi connectivity index (χ1n) is 8.50. The molecule has 3 rings (SSSR count). The second-order valence-electron chi connectivity index (χ2n) is 8.52. The molecule has 1 aliphatic rings. The molecule has 1 aromatic heterocycles. The Kier molecular flexibility index (Phi) is 3.99. The molecule has 130 valence electrons. The summed E-state index contributed by atoms with van der Waals surface area (Å²) >= 11 is 0. The zero-order chi connectivity index (χ0) is 17.7. The third-order valence-corrected chi connectivity index (χ3v) is 4.68. The smallest absolute Gasteiger partial charge is 0.139 e. The molecule has 0 radical (unpaired) electrons. The van der Waals surface area contributed by atoms with E-state index in [0.717, 1.165) is 22.6 Å². The van der Waals surface area contributed by atoms with Crippen LogP contribution in [0.25, 0.3) is 0 Å². The van der Waals surface area contributed by atoms with E-state index < -0.39 is 6.10 Å². The first-order valence-corrected chi connectivity index (χ1v) is 8.50. The number of aryl methyl sites for hydroxylation is 1. The maximum absolute atomic E-state index is 10.7. The van der Waals surface area contributed by atoms with Crippen molar-refractivity contribution >= 4 is 0 Å². The van der Waals surface area contributed by atoms with E-state index in [1.54, 1.807) is 0 Å². The summed E-state index contributed by atoms with van der Waals surface area (Å²) in [4.78, 5) is 0. The van der Waals surface area contributed by atoms with Gasteiger partial charge in [0.1, 0.15) is 11.5 Å². The molecule has 1 N–H and O–H groups in total. The van der Waals surface area contributed by atoms with E-state index in [1.807, 2.05) is 13.0 Å². The molecule has 0 fully saturated rings. The van der Waals surface area contributed by atoms with Crippen molar-refractivity contribution in [2.24, 2.45) is 0 Å². The van der Waals surface area contributed by atoms with Gasteiger partial charge in [0.05, 0.1) is 18.4 Å². The molecular weight excluding hydrogens is 302 g/mol. The summed E-state index contributed by atoms with van der Waals surface area (Å²) in [6.45, 7) is 13.4. The van der Waals surface area contributed by atoms with Crippen LogP contribution in [0, 0.1) is 6.92 Å². The van der Waals surface area contributed by atoms with Gasteiger partial charge in [-0.1, -0.05) is 39.8 Å². The van der Waals surface area contributed by atoms with Crippen LogP contribution < -0.4 is 4.74 Å². The molecule has 2 heterocycles. The standard InChI is InChI=1S/C20H27NO3/c1-12-7-14(24-21-12)10-17(22)13-8-15(19(2,3)4)18-16(9-13)20(5,6)11-23-18/h7-9,17,22H,10-11H2,1-6H3. The van der Waals surface area contributed by atoms with Gasteiger partial charge in [-0.25, -0.2) is 0 Å². The van der Waals surface area contributed by atoms with Crippen LogP contribution in [0.1, 0.15) is 68.9 Å². The molecule has 0 bridgehead atoms. The van der Waals surface area contributed by atoms with Crippen LogP contribution in [0.3, 0.4) is 0 Å². The van der Waals surface area contributed by atoms with E-state index >= 15 is 0 Å². The summed E-state index contributed by atoms with van der Waals surface area (Å²) in [5.41, 5.74) is 3.96. The zero-order valence-corrected chi connectivity index (χ0v) is 15.4. The molecule has 4 nitrogen and oxygen atoms in total. The summed E-state index contributed by atoms with van der Waals surface area (Å²) in [5, 5.41) is 14.6. The highest BCUT2D eigenvalue weighted by Gasteiger charge is 2.36. The number of nitrogens with zero attached hydrogens (tertiary/aromatic N) is 1. The van der Waals surface area contributed by atoms with Gasteiger partial charge in [-0.2, -0.15) is 0 Å². The van der Waals surface area contributed by atoms with E-state index in [4.69, 9.17) is 9.26 Å². The number of aromatic nitrogens is 1. The molecule has 0 aliphatic carbocycles. The lowest BCUT2D eigenvalue weighted by atomic mass is 9.79. The van der Waals surface area contributed by atoms with Crippen LogP contribution in [0.4, 0.5) is 0 Å². The van der Waals surface area contributed by atoms with Gasteiger partial charge >= 0.3 is 0 Å². The maximum Gasteiger partial charge on any atom is 0.139 e. The Bertz CT molecular complexity index is 753. The number of hydrogen-bond donors (Lipinski definition) is 1. The van der Waals surface area contributed by atoms with Gasteiger partial charge in [0.2, 0.25) is 0 Å². The van der Waals surface area contributed by atoms with Crippen molar-refractivity contribution in [3.63, 3.8) is 0 Å². The predicted molar refractivity (Wildman–Crippen MR) is 93.6 cm³/mol. The minimum Gasteiger partial charge on any atom is -0.492 e. The van der Waals surface area contributed by atoms with Crippen molar-refractivity contribution in [3.8, 4) is 5.75 Å². The Morgan fingerprint density at radius 1 is 1.25 bits per heavy atom. The highest BCUT2D eigenvalue weighted by atomic mass is 16.5. The number of aliphatic hydroxyl groups is 1. The minimum atomic E-state index is -0.625. The van der Waals surface area contributed by atoms with Crippen LogP contribution in [-0.2, 0) is 17.3 Å². The Balaban J connectivity index is 2.02. The van der Waals surface area contributed by atoms with Crippen molar-refractivity contribution in [1.82, 2.24) is 5.16 Å². The van der Waals surface area contributed by atoms with Gasteiger partial charge in [0, 0.05) is 29.0 Å². The molecule has 1 aromatic carbocycles. The summed E-state index contributed by atoms with van der Waals surface area (Å²) in [6.07, 6.45) is -0.204. The van der Waals surface area contributed by atoms with E-state index in [9.17, 15) is 5.11 Å². The molecule has 24 heavy (non-hydrogen) atoms. The van der Waals surface area contributed by atoms with Gasteiger partial charge in [-0.3, -0.25) is 0 Å². The maximum atomic E-state index is 10.7. The second-order valence-corrected chi connectivity index (χ2v) is 8.52. The van der Waals surface area contributed by atoms with E-state index in [0.29, 0.717) is 18.8 Å². The normalized spacial score (nSPS) is 17.5. The molecule has 0 spiro atoms. The first kappa shape index (κ1) is 17.0. The van der Waals surface area contributed by atoms with Crippen LogP contribution in [0.5, 0.6) is 5.75 Å². The fraction of sp³-hybridized carbons (Fsp3) is 0.550. The molecule has 1 aliphatic heterocycles. The third-order valence-electron chi connectivity index (χ3n) is 4.68. The number of fused-ring (bicyclic) bond motifs is 1. The monoisotopic (exact) mass is 329 g/mol. The summed E-state index contributed by atoms with van der Waals surface area (Å²) in [5.74, 6) is 1.69. The number of benzene rings is 1. The van der Waals surface area contributed by atoms with Crippen LogP contribution in [-0.4, -0.2) is 16.9 Å². The van der Waals surface area contributed by atoms with Crippen LogP contribution in [0.15, 0.2) is 22.7 Å². The Morgan fingerprint density at radius 3 is 2.54 bits per heavy atom. The Hall–Kier alpha value is -1.81. The molecular formula is C20H27NO3. The molecule has 2 aromatic rings. The lowest BCUT2D eigenvalue weighted by Crippen LogP contribution is -2.19. The van der Waals surface area contributed by atoms with Crippen molar-refractivity contribution in [3.05, 3.63) is 46.3 Å². The molecule has 4 heteroatoms. The first-order chi connectivity index (χ1) is 11.1. The third kappa shape index (κ3) is 3.07. The predicted octanol–water partition coefficient (Wildman–Crippen LogP) is 4.23. The number of aliphatic hydroxyl groups excluding tert-OH is 1. The fourth-order valence-electron chi connectivity index (χ4n) is 3.21. The van der Waals surface area contributed by atoms with Crippen molar-refractivity contribution in [2.75, 3.05) is 6.61 Å². The average molecular weight is 329 g/mol. The van der Waals surface area contributed by atoms with Gasteiger partial charge in [0.25, 0.3) is 0 Å². The second kappa shape index (κ2) is 5.62. The topological polar surface area (TPSA) is 55.5 Å². The van der Waals surface area contributed by atoms with E-state index in [-0.39, 0.29) is 10.8 Å². The highest BCUT2D eigenvalue weighted by Crippen LogP contribution is 2.46. The van der Waals surface area contributed by atoms with E-state index in [1.165, 1.54) is 5.56 Å². The van der Waals surface area contributed by atoms with Crippen LogP contribution >= 0.6 is 0 Å². The number of rotatable bonds is 3. The van der Waals surface area contributed by atoms with Gasteiger partial charge in [-0.15, -0.1) is 0 Å². The summed E-state index contributed by atoms with van der Waals surface area (Å²) in [6, 6.07) is 6.04. The molecule has 0 saturated carbocycles. The van der Waals surface area contributed by atoms with Gasteiger partial charge in [0.15, 0.2) is 0 Å². The lowest BCUT2D eigenvalue weighted by molar-refractivity contribution is 0.166. The quantitative estimate of drug-likeness (QED) is 0.915. The molecule has 1 atom stereocenters. The van der Waals surface area contributed by atoms with Crippen molar-refractivity contribution in [2.45, 2.75) is 64.9 Å². The Labute approximate surface area is 143 Å². The zero-order valence-electron chi connectivity index (χ0n) is 15.4. The van der Waals surface area contributed by atoms with E-state index in [2.05, 4.69) is 51.9 Å². The molecule has 0 saturated heterocycles. The Morgan fingerprint density at radius 2 is 1.96 bits per heavy atom.